The van der Waals surface area contributed by atoms with Gasteiger partial charge in [-0.15, -0.1) is 0 Å². The highest BCUT2D eigenvalue weighted by atomic mass is 32.2. The van der Waals surface area contributed by atoms with E-state index in [1.54, 1.807) is 18.7 Å². The molecule has 0 aromatic heterocycles. The minimum absolute atomic E-state index is 0.129. The summed E-state index contributed by atoms with van der Waals surface area (Å²) in [5.41, 5.74) is 1.01. The number of carbonyl (C=O) groups is 2. The van der Waals surface area contributed by atoms with E-state index in [4.69, 9.17) is 4.74 Å². The van der Waals surface area contributed by atoms with Gasteiger partial charge in [0.25, 0.3) is 0 Å². The summed E-state index contributed by atoms with van der Waals surface area (Å²) in [6, 6.07) is 15.8. The topological polar surface area (TPSA) is 87.2 Å². The van der Waals surface area contributed by atoms with E-state index >= 15 is 0 Å². The summed E-state index contributed by atoms with van der Waals surface area (Å²) in [5, 5.41) is 0. The zero-order valence-electron chi connectivity index (χ0n) is 22.3. The molecular weight excluding hydrogens is 490 g/mol. The van der Waals surface area contributed by atoms with Crippen molar-refractivity contribution in [2.24, 2.45) is 5.92 Å². The molecule has 3 rings (SSSR count). The molecule has 2 aromatic carbocycles. The lowest BCUT2D eigenvalue weighted by atomic mass is 9.79. The second kappa shape index (κ2) is 13.1. The number of carbonyl (C=O) groups excluding carboxylic acids is 2. The maximum absolute atomic E-state index is 13.4. The van der Waals surface area contributed by atoms with E-state index in [1.807, 2.05) is 49.1 Å². The van der Waals surface area contributed by atoms with E-state index in [-0.39, 0.29) is 22.6 Å². The molecule has 8 nitrogen and oxygen atoms in total. The molecule has 0 saturated carbocycles. The molecule has 1 aliphatic heterocycles. The average molecular weight is 530 g/mol. The van der Waals surface area contributed by atoms with Crippen molar-refractivity contribution in [1.29, 1.82) is 0 Å². The summed E-state index contributed by atoms with van der Waals surface area (Å²) in [6.07, 6.45) is 0.926. The number of likely N-dealkylation sites (tertiary alicyclic amines) is 1. The lowest BCUT2D eigenvalue weighted by molar-refractivity contribution is -0.134. The van der Waals surface area contributed by atoms with Gasteiger partial charge in [0.15, 0.2) is 0 Å². The van der Waals surface area contributed by atoms with Gasteiger partial charge < -0.3 is 14.5 Å². The summed E-state index contributed by atoms with van der Waals surface area (Å²) in [7, 11) is -3.57. The number of benzene rings is 2. The molecule has 9 heteroatoms. The molecule has 0 bridgehead atoms. The van der Waals surface area contributed by atoms with Crippen LogP contribution in [0.3, 0.4) is 0 Å². The average Bonchev–Trinajstić information content (AvgIpc) is 2.91. The molecule has 37 heavy (non-hydrogen) atoms. The number of hydrogen-bond donors (Lipinski definition) is 0. The third-order valence-electron chi connectivity index (χ3n) is 7.14. The highest BCUT2D eigenvalue weighted by Crippen LogP contribution is 2.34. The van der Waals surface area contributed by atoms with Gasteiger partial charge in [-0.25, -0.2) is 13.2 Å². The van der Waals surface area contributed by atoms with E-state index in [2.05, 4.69) is 0 Å². The quantitative estimate of drug-likeness (QED) is 0.450. The first-order valence-corrected chi connectivity index (χ1v) is 14.6. The first kappa shape index (κ1) is 28.7. The summed E-state index contributed by atoms with van der Waals surface area (Å²) in [4.78, 5) is 29.9. The van der Waals surface area contributed by atoms with Crippen LogP contribution in [0.25, 0.3) is 0 Å². The number of ether oxygens (including phenoxy) is 1. The summed E-state index contributed by atoms with van der Waals surface area (Å²) >= 11 is 0. The third-order valence-corrected chi connectivity index (χ3v) is 9.21. The van der Waals surface area contributed by atoms with Crippen molar-refractivity contribution in [1.82, 2.24) is 14.1 Å². The van der Waals surface area contributed by atoms with Crippen molar-refractivity contribution in [2.45, 2.75) is 51.3 Å². The van der Waals surface area contributed by atoms with Crippen LogP contribution < -0.4 is 4.74 Å². The van der Waals surface area contributed by atoms with E-state index in [0.717, 1.165) is 5.56 Å². The summed E-state index contributed by atoms with van der Waals surface area (Å²) in [5.74, 6) is 0.324. The van der Waals surface area contributed by atoms with Crippen LogP contribution in [0, 0.1) is 5.92 Å². The Morgan fingerprint density at radius 3 is 1.97 bits per heavy atom. The van der Waals surface area contributed by atoms with Crippen molar-refractivity contribution in [3.63, 3.8) is 0 Å². The largest absolute Gasteiger partial charge is 0.415 e. The smallest absolute Gasteiger partial charge is 0.410 e. The van der Waals surface area contributed by atoms with Crippen molar-refractivity contribution >= 4 is 22.0 Å². The Morgan fingerprint density at radius 1 is 0.892 bits per heavy atom. The Kier molecular flexibility index (Phi) is 10.1. The Morgan fingerprint density at radius 2 is 1.46 bits per heavy atom. The first-order valence-electron chi connectivity index (χ1n) is 13.2. The van der Waals surface area contributed by atoms with Crippen molar-refractivity contribution in [3.8, 4) is 5.75 Å². The Hall–Kier alpha value is -2.91. The number of piperidine rings is 1. The first-order chi connectivity index (χ1) is 17.8. The fourth-order valence-electron chi connectivity index (χ4n) is 4.98. The molecular formula is C28H39N3O5S. The van der Waals surface area contributed by atoms with Crippen LogP contribution in [-0.4, -0.2) is 73.8 Å². The zero-order chi connectivity index (χ0) is 27.0. The summed E-state index contributed by atoms with van der Waals surface area (Å²) < 4.78 is 32.3. The fraction of sp³-hybridized carbons (Fsp3) is 0.500. The maximum atomic E-state index is 13.4. The molecule has 202 valence electrons. The number of amides is 2. The molecule has 1 saturated heterocycles. The molecule has 0 N–H and O–H groups in total. The minimum atomic E-state index is -3.57. The van der Waals surface area contributed by atoms with E-state index in [0.29, 0.717) is 57.9 Å². The van der Waals surface area contributed by atoms with E-state index in [9.17, 15) is 18.0 Å². The molecule has 1 atom stereocenters. The molecule has 2 amide bonds. The normalized spacial score (nSPS) is 15.4. The van der Waals surface area contributed by atoms with Crippen molar-refractivity contribution in [3.05, 3.63) is 60.2 Å². The Labute approximate surface area is 221 Å². The molecule has 0 aliphatic carbocycles. The lowest BCUT2D eigenvalue weighted by Crippen LogP contribution is -2.44. The Bertz CT molecular complexity index is 1120. The molecule has 0 radical (unpaired) electrons. The minimum Gasteiger partial charge on any atom is -0.410 e. The van der Waals surface area contributed by atoms with Gasteiger partial charge in [0.05, 0.1) is 10.8 Å². The van der Waals surface area contributed by atoms with Gasteiger partial charge in [0.1, 0.15) is 5.75 Å². The van der Waals surface area contributed by atoms with Gasteiger partial charge in [0.2, 0.25) is 15.9 Å². The predicted octanol–water partition coefficient (Wildman–Crippen LogP) is 4.58. The Balaban J connectivity index is 1.65. The molecule has 1 fully saturated rings. The second-order valence-electron chi connectivity index (χ2n) is 9.15. The SMILES string of the molecule is CCN(CC)C(=O)C(c1ccccc1)C1CCN(C(=O)Oc2ccc(S(=O)(=O)N(CC)CC)cc2)CC1. The zero-order valence-corrected chi connectivity index (χ0v) is 23.1. The monoisotopic (exact) mass is 529 g/mol. The van der Waals surface area contributed by atoms with Gasteiger partial charge in [-0.2, -0.15) is 4.31 Å². The molecule has 0 spiro atoms. The van der Waals surface area contributed by atoms with Crippen LogP contribution in [0.1, 0.15) is 52.0 Å². The number of likely N-dealkylation sites (N-methyl/N-ethyl adjacent to an activating group) is 1. The third kappa shape index (κ3) is 6.70. The molecule has 2 aromatic rings. The van der Waals surface area contributed by atoms with Gasteiger partial charge in [-0.05, 0) is 62.4 Å². The second-order valence-corrected chi connectivity index (χ2v) is 11.1. The van der Waals surface area contributed by atoms with Gasteiger partial charge in [0, 0.05) is 39.3 Å². The molecule has 1 aliphatic rings. The van der Waals surface area contributed by atoms with Crippen LogP contribution >= 0.6 is 0 Å². The number of nitrogens with zero attached hydrogens (tertiary/aromatic N) is 3. The van der Waals surface area contributed by atoms with Crippen LogP contribution in [0.4, 0.5) is 4.79 Å². The number of rotatable bonds is 10. The lowest BCUT2D eigenvalue weighted by Gasteiger charge is -2.37. The van der Waals surface area contributed by atoms with Crippen LogP contribution in [0.5, 0.6) is 5.75 Å². The number of sulfonamides is 1. The van der Waals surface area contributed by atoms with E-state index < -0.39 is 16.1 Å². The standard InChI is InChI=1S/C28H39N3O5S/c1-5-29(6-2)27(32)26(22-12-10-9-11-13-22)23-18-20-30(21-19-23)28(33)36-24-14-16-25(17-15-24)37(34,35)31(7-3)8-4/h9-17,23,26H,5-8,18-21H2,1-4H3. The van der Waals surface area contributed by atoms with Gasteiger partial charge in [-0.3, -0.25) is 4.79 Å². The molecule has 1 unspecified atom stereocenters. The highest BCUT2D eigenvalue weighted by molar-refractivity contribution is 7.89. The predicted molar refractivity (Wildman–Crippen MR) is 144 cm³/mol. The van der Waals surface area contributed by atoms with Crippen molar-refractivity contribution in [2.75, 3.05) is 39.3 Å². The van der Waals surface area contributed by atoms with Crippen molar-refractivity contribution < 1.29 is 22.7 Å². The highest BCUT2D eigenvalue weighted by Gasteiger charge is 2.35. The maximum Gasteiger partial charge on any atom is 0.415 e. The van der Waals surface area contributed by atoms with E-state index in [1.165, 1.54) is 28.6 Å². The fourth-order valence-corrected chi connectivity index (χ4v) is 6.44. The van der Waals surface area contributed by atoms with Gasteiger partial charge >= 0.3 is 6.09 Å². The van der Waals surface area contributed by atoms with Crippen LogP contribution in [0.2, 0.25) is 0 Å². The summed E-state index contributed by atoms with van der Waals surface area (Å²) in [6.45, 7) is 10.7. The van der Waals surface area contributed by atoms with Crippen LogP contribution in [-0.2, 0) is 14.8 Å². The van der Waals surface area contributed by atoms with Crippen LogP contribution in [0.15, 0.2) is 59.5 Å². The number of hydrogen-bond acceptors (Lipinski definition) is 5. The molecule has 1 heterocycles. The van der Waals surface area contributed by atoms with Gasteiger partial charge in [-0.1, -0.05) is 44.2 Å².